The first-order valence-corrected chi connectivity index (χ1v) is 10.7. The third kappa shape index (κ3) is 31.9. The number of unbranched alkanes of at least 4 members (excludes halogenated alkanes) is 11. The van der Waals surface area contributed by atoms with Crippen molar-refractivity contribution in [3.63, 3.8) is 0 Å². The molecule has 0 bridgehead atoms. The van der Waals surface area contributed by atoms with Crippen LogP contribution in [0.3, 0.4) is 0 Å². The van der Waals surface area contributed by atoms with Gasteiger partial charge in [0.25, 0.3) is 0 Å². The Bertz CT molecular complexity index is 403. The highest BCUT2D eigenvalue weighted by molar-refractivity contribution is 5.75. The van der Waals surface area contributed by atoms with E-state index in [1.54, 1.807) is 0 Å². The molecule has 0 unspecified atom stereocenters. The number of rotatable bonds is 18. The Labute approximate surface area is 170 Å². The Morgan fingerprint density at radius 1 is 0.536 bits per heavy atom. The minimum absolute atomic E-state index is 0.296. The summed E-state index contributed by atoms with van der Waals surface area (Å²) in [6.07, 6.45) is 20.6. The summed E-state index contributed by atoms with van der Waals surface area (Å²) in [6.45, 7) is 2.26. The van der Waals surface area contributed by atoms with Crippen molar-refractivity contribution in [1.29, 1.82) is 0 Å². The van der Waals surface area contributed by atoms with Gasteiger partial charge in [0.1, 0.15) is 0 Å². The number of aliphatic carboxylic acids is 3. The Balaban J connectivity index is 0. The molecule has 0 saturated heterocycles. The van der Waals surface area contributed by atoms with Gasteiger partial charge >= 0.3 is 17.9 Å². The first kappa shape index (κ1) is 28.4. The quantitative estimate of drug-likeness (QED) is 0.191. The summed E-state index contributed by atoms with van der Waals surface area (Å²) in [4.78, 5) is 29.6. The summed E-state index contributed by atoms with van der Waals surface area (Å²) in [5.74, 6) is -2.82. The zero-order valence-corrected chi connectivity index (χ0v) is 17.5. The van der Waals surface area contributed by atoms with Gasteiger partial charge < -0.3 is 15.3 Å². The summed E-state index contributed by atoms with van der Waals surface area (Å²) >= 11 is 0. The highest BCUT2D eigenvalue weighted by Crippen LogP contribution is 2.09. The molecular weight excluding hydrogens is 360 g/mol. The third-order valence-electron chi connectivity index (χ3n) is 4.21. The molecule has 0 aromatic rings. The Morgan fingerprint density at radius 2 is 0.893 bits per heavy atom. The molecule has 3 N–H and O–H groups in total. The predicted molar refractivity (Wildman–Crippen MR) is 112 cm³/mol. The molecule has 0 atom stereocenters. The van der Waals surface area contributed by atoms with Crippen LogP contribution in [0.1, 0.15) is 110 Å². The molecule has 0 aromatic heterocycles. The third-order valence-corrected chi connectivity index (χ3v) is 4.21. The lowest BCUT2D eigenvalue weighted by Crippen LogP contribution is -2.00. The van der Waals surface area contributed by atoms with Crippen LogP contribution in [0, 0.1) is 0 Å². The van der Waals surface area contributed by atoms with Gasteiger partial charge in [0, 0.05) is 6.42 Å². The minimum atomic E-state index is -1.08. The van der Waals surface area contributed by atoms with Crippen LogP contribution in [0.2, 0.25) is 0 Å². The molecule has 0 radical (unpaired) electrons. The number of hydrogen-bond acceptors (Lipinski definition) is 3. The predicted octanol–water partition coefficient (Wildman–Crippen LogP) is 6.04. The maximum absolute atomic E-state index is 10.3. The number of allylic oxidation sites excluding steroid dienone is 2. The smallest absolute Gasteiger partial charge is 0.303 e. The Morgan fingerprint density at radius 3 is 1.29 bits per heavy atom. The van der Waals surface area contributed by atoms with Crippen LogP contribution in [0.25, 0.3) is 0 Å². The number of hydrogen-bond donors (Lipinski definition) is 3. The lowest BCUT2D eigenvalue weighted by molar-refractivity contribution is -0.143. The summed E-state index contributed by atoms with van der Waals surface area (Å²) < 4.78 is 0. The minimum Gasteiger partial charge on any atom is -0.481 e. The van der Waals surface area contributed by atoms with E-state index >= 15 is 0 Å². The van der Waals surface area contributed by atoms with Crippen LogP contribution in [0.15, 0.2) is 12.2 Å². The van der Waals surface area contributed by atoms with Crippen molar-refractivity contribution in [2.24, 2.45) is 0 Å². The van der Waals surface area contributed by atoms with Gasteiger partial charge in [0.05, 0.1) is 12.8 Å². The SMILES string of the molecule is CCCCCCCC/C=C\CCCCCCCC(=O)O.O=C(O)CCC(=O)O. The number of carbonyl (C=O) groups is 3. The fraction of sp³-hybridized carbons (Fsp3) is 0.773. The van der Waals surface area contributed by atoms with Crippen LogP contribution >= 0.6 is 0 Å². The van der Waals surface area contributed by atoms with E-state index in [-0.39, 0.29) is 12.8 Å². The molecule has 0 rings (SSSR count). The average molecular weight is 401 g/mol. The molecular formula is C22H40O6. The standard InChI is InChI=1S/C18H34O2.C4H6O4/c1-2-3-4-5-6-7-8-9-10-11-12-13-14-15-16-17-18(19)20;5-3(6)1-2-4(7)8/h9-10H,2-8,11-17H2,1H3,(H,19,20);1-2H2,(H,5,6)(H,7,8)/b10-9-;. The zero-order valence-electron chi connectivity index (χ0n) is 17.5. The van der Waals surface area contributed by atoms with Crippen LogP contribution in [0.5, 0.6) is 0 Å². The second kappa shape index (κ2) is 23.2. The van der Waals surface area contributed by atoms with Gasteiger partial charge in [-0.25, -0.2) is 0 Å². The second-order valence-corrected chi connectivity index (χ2v) is 7.02. The van der Waals surface area contributed by atoms with Crippen LogP contribution in [-0.2, 0) is 14.4 Å². The van der Waals surface area contributed by atoms with Gasteiger partial charge in [-0.3, -0.25) is 14.4 Å². The van der Waals surface area contributed by atoms with E-state index in [0.717, 1.165) is 12.8 Å². The first-order chi connectivity index (χ1) is 13.4. The van der Waals surface area contributed by atoms with Gasteiger partial charge in [-0.05, 0) is 32.1 Å². The Hall–Kier alpha value is -1.85. The van der Waals surface area contributed by atoms with Crippen molar-refractivity contribution >= 4 is 17.9 Å². The van der Waals surface area contributed by atoms with Crippen molar-refractivity contribution in [3.05, 3.63) is 12.2 Å². The fourth-order valence-corrected chi connectivity index (χ4v) is 2.56. The molecule has 0 spiro atoms. The molecule has 6 nitrogen and oxygen atoms in total. The van der Waals surface area contributed by atoms with Crippen molar-refractivity contribution in [2.75, 3.05) is 0 Å². The molecule has 0 heterocycles. The molecule has 0 aliphatic rings. The molecule has 0 aromatic carbocycles. The van der Waals surface area contributed by atoms with Crippen LogP contribution < -0.4 is 0 Å². The van der Waals surface area contributed by atoms with E-state index in [0.29, 0.717) is 6.42 Å². The topological polar surface area (TPSA) is 112 Å². The van der Waals surface area contributed by atoms with Crippen molar-refractivity contribution < 1.29 is 29.7 Å². The van der Waals surface area contributed by atoms with E-state index in [1.807, 2.05) is 0 Å². The number of carboxylic acid groups (broad SMARTS) is 3. The highest BCUT2D eigenvalue weighted by Gasteiger charge is 2.00. The molecule has 0 aliphatic carbocycles. The van der Waals surface area contributed by atoms with E-state index in [4.69, 9.17) is 15.3 Å². The molecule has 0 aliphatic heterocycles. The van der Waals surface area contributed by atoms with Gasteiger partial charge in [0.2, 0.25) is 0 Å². The van der Waals surface area contributed by atoms with Gasteiger partial charge in [-0.2, -0.15) is 0 Å². The summed E-state index contributed by atoms with van der Waals surface area (Å²) in [7, 11) is 0. The fourth-order valence-electron chi connectivity index (χ4n) is 2.56. The van der Waals surface area contributed by atoms with Gasteiger partial charge in [-0.15, -0.1) is 0 Å². The summed E-state index contributed by atoms with van der Waals surface area (Å²) in [5, 5.41) is 24.3. The summed E-state index contributed by atoms with van der Waals surface area (Å²) in [5.41, 5.74) is 0. The maximum Gasteiger partial charge on any atom is 0.303 e. The maximum atomic E-state index is 10.3. The molecule has 28 heavy (non-hydrogen) atoms. The zero-order chi connectivity index (χ0) is 21.5. The molecule has 164 valence electrons. The van der Waals surface area contributed by atoms with Crippen molar-refractivity contribution in [3.8, 4) is 0 Å². The average Bonchev–Trinajstić information content (AvgIpc) is 2.63. The van der Waals surface area contributed by atoms with Crippen LogP contribution in [-0.4, -0.2) is 33.2 Å². The van der Waals surface area contributed by atoms with E-state index in [1.165, 1.54) is 70.6 Å². The van der Waals surface area contributed by atoms with Crippen molar-refractivity contribution in [1.82, 2.24) is 0 Å². The molecule has 6 heteroatoms. The van der Waals surface area contributed by atoms with E-state index < -0.39 is 17.9 Å². The lowest BCUT2D eigenvalue weighted by Gasteiger charge is -1.99. The first-order valence-electron chi connectivity index (χ1n) is 10.7. The largest absolute Gasteiger partial charge is 0.481 e. The summed E-state index contributed by atoms with van der Waals surface area (Å²) in [6, 6.07) is 0. The molecule has 0 fully saturated rings. The second-order valence-electron chi connectivity index (χ2n) is 7.02. The monoisotopic (exact) mass is 400 g/mol. The number of carboxylic acids is 3. The van der Waals surface area contributed by atoms with E-state index in [9.17, 15) is 14.4 Å². The normalized spacial score (nSPS) is 10.5. The molecule has 0 amide bonds. The Kier molecular flexibility index (Phi) is 23.5. The van der Waals surface area contributed by atoms with Crippen LogP contribution in [0.4, 0.5) is 0 Å². The molecule has 0 saturated carbocycles. The van der Waals surface area contributed by atoms with Gasteiger partial charge in [-0.1, -0.05) is 70.4 Å². The lowest BCUT2D eigenvalue weighted by atomic mass is 10.1. The highest BCUT2D eigenvalue weighted by atomic mass is 16.4. The van der Waals surface area contributed by atoms with Gasteiger partial charge in [0.15, 0.2) is 0 Å². The van der Waals surface area contributed by atoms with E-state index in [2.05, 4.69) is 19.1 Å². The van der Waals surface area contributed by atoms with Crippen molar-refractivity contribution in [2.45, 2.75) is 110 Å².